The molecule has 2 heteroatoms. The van der Waals surface area contributed by atoms with E-state index in [9.17, 15) is 0 Å². The Labute approximate surface area is 50.0 Å². The maximum absolute atomic E-state index is 6.71. The Kier molecular flexibility index (Phi) is 2.08. The largest absolute Gasteiger partial charge is 0.356 e. The van der Waals surface area contributed by atoms with Crippen molar-refractivity contribution in [3.8, 4) is 0 Å². The van der Waals surface area contributed by atoms with E-state index in [1.807, 2.05) is 0 Å². The monoisotopic (exact) mass is 108 g/mol. The molecule has 0 spiro atoms. The first kappa shape index (κ1) is 2.46. The highest BCUT2D eigenvalue weighted by molar-refractivity contribution is 4.08. The standard InChI is InChI=1S/C5H12O2/c1-3-6-5-7-4-2/h3-5H2,1-2H3/i1D2,2D2. The molecule has 0 rings (SSSR count). The third-order valence-corrected chi connectivity index (χ3v) is 0.402. The van der Waals surface area contributed by atoms with E-state index in [1.54, 1.807) is 0 Å². The van der Waals surface area contributed by atoms with Crippen LogP contribution in [0.5, 0.6) is 0 Å². The smallest absolute Gasteiger partial charge is 0.146 e. The van der Waals surface area contributed by atoms with Gasteiger partial charge >= 0.3 is 0 Å². The fourth-order valence-electron chi connectivity index (χ4n) is 0.155. The zero-order chi connectivity index (χ0) is 8.69. The first-order valence-electron chi connectivity index (χ1n) is 4.28. The minimum atomic E-state index is -0.999. The second kappa shape index (κ2) is 5.92. The summed E-state index contributed by atoms with van der Waals surface area (Å²) in [6, 6.07) is 0. The summed E-state index contributed by atoms with van der Waals surface area (Å²) >= 11 is 0. The second-order valence-corrected chi connectivity index (χ2v) is 0.859. The molecule has 0 atom stereocenters. The fraction of sp³-hybridized carbons (Fsp3) is 1.00. The molecule has 7 heavy (non-hydrogen) atoms. The quantitative estimate of drug-likeness (QED) is 0.395. The third-order valence-electron chi connectivity index (χ3n) is 0.402. The highest BCUT2D eigenvalue weighted by atomic mass is 16.7. The van der Waals surface area contributed by atoms with Gasteiger partial charge in [-0.1, -0.05) is 0 Å². The molecule has 0 heterocycles. The summed E-state index contributed by atoms with van der Waals surface area (Å²) in [6.45, 7) is -2.04. The molecule has 0 aliphatic rings. The van der Waals surface area contributed by atoms with E-state index in [-0.39, 0.29) is 20.0 Å². The summed E-state index contributed by atoms with van der Waals surface area (Å²) in [5.74, 6) is 0. The van der Waals surface area contributed by atoms with Crippen LogP contribution in [0.1, 0.15) is 19.2 Å². The van der Waals surface area contributed by atoms with Crippen molar-refractivity contribution in [2.45, 2.75) is 13.8 Å². The van der Waals surface area contributed by atoms with Crippen LogP contribution in [-0.4, -0.2) is 20.0 Å². The zero-order valence-corrected chi connectivity index (χ0v) is 4.09. The van der Waals surface area contributed by atoms with Gasteiger partial charge in [-0.15, -0.1) is 0 Å². The first-order valence-corrected chi connectivity index (χ1v) is 1.97. The van der Waals surface area contributed by atoms with Crippen LogP contribution in [0.25, 0.3) is 0 Å². The van der Waals surface area contributed by atoms with Crippen molar-refractivity contribution >= 4 is 0 Å². The molecule has 0 saturated heterocycles. The minimum Gasteiger partial charge on any atom is -0.356 e. The lowest BCUT2D eigenvalue weighted by atomic mass is 10.9. The lowest BCUT2D eigenvalue weighted by Crippen LogP contribution is -1.97. The highest BCUT2D eigenvalue weighted by Crippen LogP contribution is 1.74. The van der Waals surface area contributed by atoms with Crippen LogP contribution in [0.15, 0.2) is 0 Å². The molecule has 0 radical (unpaired) electrons. The van der Waals surface area contributed by atoms with Crippen LogP contribution in [0.3, 0.4) is 0 Å². The maximum Gasteiger partial charge on any atom is 0.146 e. The van der Waals surface area contributed by atoms with Crippen LogP contribution >= 0.6 is 0 Å². The van der Waals surface area contributed by atoms with Gasteiger partial charge in [0, 0.05) is 18.7 Å². The van der Waals surface area contributed by atoms with Crippen molar-refractivity contribution in [2.75, 3.05) is 20.0 Å². The first-order chi connectivity index (χ1) is 5.13. The Balaban J connectivity index is 2.91. The summed E-state index contributed by atoms with van der Waals surface area (Å²) in [5.41, 5.74) is 0. The van der Waals surface area contributed by atoms with E-state index >= 15 is 0 Å². The van der Waals surface area contributed by atoms with Gasteiger partial charge in [0.05, 0.1) is 0 Å². The van der Waals surface area contributed by atoms with Gasteiger partial charge in [0.15, 0.2) is 0 Å². The van der Waals surface area contributed by atoms with Crippen molar-refractivity contribution in [3.05, 3.63) is 0 Å². The lowest BCUT2D eigenvalue weighted by Gasteiger charge is -1.97. The number of rotatable bonds is 4. The van der Waals surface area contributed by atoms with Gasteiger partial charge in [0.1, 0.15) is 6.79 Å². The fourth-order valence-corrected chi connectivity index (χ4v) is 0.155. The normalized spacial score (nSPS) is 18.6. The van der Waals surface area contributed by atoms with E-state index in [0.29, 0.717) is 0 Å². The van der Waals surface area contributed by atoms with Gasteiger partial charge in [-0.2, -0.15) is 0 Å². The Morgan fingerprint density at radius 3 is 2.29 bits per heavy atom. The summed E-state index contributed by atoms with van der Waals surface area (Å²) in [5, 5.41) is 0. The van der Waals surface area contributed by atoms with Gasteiger partial charge in [-0.25, -0.2) is 0 Å². The molecule has 0 aromatic heterocycles. The van der Waals surface area contributed by atoms with E-state index in [2.05, 4.69) is 9.47 Å². The van der Waals surface area contributed by atoms with Crippen LogP contribution in [0, 0.1) is 0 Å². The van der Waals surface area contributed by atoms with Crippen molar-refractivity contribution in [1.82, 2.24) is 0 Å². The van der Waals surface area contributed by atoms with Gasteiger partial charge in [0.2, 0.25) is 0 Å². The van der Waals surface area contributed by atoms with Crippen LogP contribution < -0.4 is 0 Å². The molecule has 0 fully saturated rings. The van der Waals surface area contributed by atoms with Gasteiger partial charge in [-0.3, -0.25) is 0 Å². The lowest BCUT2D eigenvalue weighted by molar-refractivity contribution is -0.0445. The molecule has 0 bridgehead atoms. The van der Waals surface area contributed by atoms with E-state index < -0.39 is 13.8 Å². The molecule has 0 saturated carbocycles. The van der Waals surface area contributed by atoms with Crippen LogP contribution in [-0.2, 0) is 9.47 Å². The molecular weight excluding hydrogens is 92.1 g/mol. The Morgan fingerprint density at radius 2 is 1.86 bits per heavy atom. The average molecular weight is 108 g/mol. The van der Waals surface area contributed by atoms with Gasteiger partial charge < -0.3 is 9.47 Å². The number of hydrogen-bond acceptors (Lipinski definition) is 2. The van der Waals surface area contributed by atoms with Crippen molar-refractivity contribution < 1.29 is 15.0 Å². The molecule has 0 aromatic carbocycles. The average Bonchev–Trinajstić information content (AvgIpc) is 1.85. The van der Waals surface area contributed by atoms with Crippen molar-refractivity contribution in [3.63, 3.8) is 0 Å². The molecule has 2 nitrogen and oxygen atoms in total. The maximum atomic E-state index is 6.71. The van der Waals surface area contributed by atoms with Gasteiger partial charge in [0.25, 0.3) is 0 Å². The molecule has 0 aromatic rings. The van der Waals surface area contributed by atoms with Crippen molar-refractivity contribution in [2.24, 2.45) is 0 Å². The molecule has 0 unspecified atom stereocenters. The molecule has 0 amide bonds. The third kappa shape index (κ3) is 5.92. The second-order valence-electron chi connectivity index (χ2n) is 0.859. The Hall–Kier alpha value is -0.0800. The zero-order valence-electron chi connectivity index (χ0n) is 8.09. The SMILES string of the molecule is [2H]C([2H])COCOCC([2H])[2H]. The molecule has 0 N–H and O–H groups in total. The van der Waals surface area contributed by atoms with E-state index in [4.69, 9.17) is 5.48 Å². The minimum absolute atomic E-state index is 0.000661. The molecular formula is C5H12O2. The Morgan fingerprint density at radius 1 is 1.29 bits per heavy atom. The van der Waals surface area contributed by atoms with Crippen LogP contribution in [0.4, 0.5) is 0 Å². The Bertz CT molecular complexity index is 78.6. The predicted octanol–water partition coefficient (Wildman–Crippen LogP) is 1.02. The number of hydrogen-bond donors (Lipinski definition) is 0. The molecule has 44 valence electrons. The molecule has 0 aliphatic carbocycles. The summed E-state index contributed by atoms with van der Waals surface area (Å²) in [6.07, 6.45) is 0. The molecule has 0 aliphatic heterocycles. The topological polar surface area (TPSA) is 18.5 Å². The summed E-state index contributed by atoms with van der Waals surface area (Å²) < 4.78 is 36.2. The highest BCUT2D eigenvalue weighted by Gasteiger charge is 1.76. The van der Waals surface area contributed by atoms with Gasteiger partial charge in [-0.05, 0) is 13.8 Å². The number of ether oxygens (including phenoxy) is 2. The summed E-state index contributed by atoms with van der Waals surface area (Å²) in [7, 11) is 0. The van der Waals surface area contributed by atoms with Crippen molar-refractivity contribution in [1.29, 1.82) is 0 Å². The van der Waals surface area contributed by atoms with Crippen LogP contribution in [0.2, 0.25) is 0 Å². The summed E-state index contributed by atoms with van der Waals surface area (Å²) in [4.78, 5) is 0. The van der Waals surface area contributed by atoms with E-state index in [0.717, 1.165) is 0 Å². The van der Waals surface area contributed by atoms with E-state index in [1.165, 1.54) is 0 Å². The predicted molar refractivity (Wildman–Crippen MR) is 28.1 cm³/mol.